The first-order valence-electron chi connectivity index (χ1n) is 6.60. The molecule has 0 amide bonds. The minimum atomic E-state index is -0.831. The molecule has 110 valence electrons. The molecule has 2 aromatic rings. The van der Waals surface area contributed by atoms with Crippen molar-refractivity contribution in [2.75, 3.05) is 13.2 Å². The van der Waals surface area contributed by atoms with Gasteiger partial charge in [-0.15, -0.1) is 0 Å². The number of hydrogen-bond donors (Lipinski definition) is 1. The molecule has 0 aromatic heterocycles. The molecule has 0 saturated heterocycles. The third kappa shape index (κ3) is 2.76. The van der Waals surface area contributed by atoms with Gasteiger partial charge in [-0.2, -0.15) is 0 Å². The van der Waals surface area contributed by atoms with Crippen molar-refractivity contribution in [3.63, 3.8) is 0 Å². The van der Waals surface area contributed by atoms with Crippen LogP contribution in [0.5, 0.6) is 11.5 Å². The second-order valence-electron chi connectivity index (χ2n) is 4.90. The number of fused-ring (bicyclic) bond motifs is 1. The summed E-state index contributed by atoms with van der Waals surface area (Å²) in [6.07, 6.45) is -0.831. The first-order valence-corrected chi connectivity index (χ1v) is 7.77. The number of benzene rings is 2. The number of aliphatic hydroxyl groups is 1. The standard InChI is InChI=1S/C16H14BrClO3/c1-9-3-2-4-10(15(9)17)16(19)11-7-13-14(8-12(11)18)21-6-5-20-13/h2-4,7-8,16,19H,5-6H2,1H3. The lowest BCUT2D eigenvalue weighted by atomic mass is 9.99. The smallest absolute Gasteiger partial charge is 0.162 e. The molecule has 2 aromatic carbocycles. The number of rotatable bonds is 2. The zero-order chi connectivity index (χ0) is 15.0. The first kappa shape index (κ1) is 14.7. The molecule has 1 heterocycles. The number of hydrogen-bond acceptors (Lipinski definition) is 3. The summed E-state index contributed by atoms with van der Waals surface area (Å²) in [6.45, 7) is 2.98. The van der Waals surface area contributed by atoms with Gasteiger partial charge in [0.15, 0.2) is 11.5 Å². The van der Waals surface area contributed by atoms with E-state index in [9.17, 15) is 5.11 Å². The van der Waals surface area contributed by atoms with Gasteiger partial charge >= 0.3 is 0 Å². The van der Waals surface area contributed by atoms with Crippen LogP contribution in [0.3, 0.4) is 0 Å². The van der Waals surface area contributed by atoms with Crippen LogP contribution < -0.4 is 9.47 Å². The molecule has 0 aliphatic carbocycles. The quantitative estimate of drug-likeness (QED) is 0.859. The maximum absolute atomic E-state index is 10.7. The van der Waals surface area contributed by atoms with Crippen molar-refractivity contribution in [1.82, 2.24) is 0 Å². The Morgan fingerprint density at radius 2 is 1.81 bits per heavy atom. The fourth-order valence-electron chi connectivity index (χ4n) is 2.34. The Morgan fingerprint density at radius 3 is 2.52 bits per heavy atom. The number of halogens is 2. The van der Waals surface area contributed by atoms with Gasteiger partial charge in [0, 0.05) is 16.1 Å². The Kier molecular flexibility index (Phi) is 4.11. The third-order valence-electron chi connectivity index (χ3n) is 3.47. The molecule has 1 aliphatic heterocycles. The minimum Gasteiger partial charge on any atom is -0.486 e. The Hall–Kier alpha value is -1.23. The summed E-state index contributed by atoms with van der Waals surface area (Å²) in [7, 11) is 0. The van der Waals surface area contributed by atoms with Gasteiger partial charge in [-0.05, 0) is 24.1 Å². The predicted molar refractivity (Wildman–Crippen MR) is 85.4 cm³/mol. The Morgan fingerprint density at radius 1 is 1.14 bits per heavy atom. The van der Waals surface area contributed by atoms with Crippen LogP contribution in [0.1, 0.15) is 22.8 Å². The van der Waals surface area contributed by atoms with Gasteiger partial charge < -0.3 is 14.6 Å². The SMILES string of the molecule is Cc1cccc(C(O)c2cc3c(cc2Cl)OCCO3)c1Br. The van der Waals surface area contributed by atoms with E-state index in [-0.39, 0.29) is 0 Å². The predicted octanol–water partition coefficient (Wildman–Crippen LogP) is 4.26. The lowest BCUT2D eigenvalue weighted by Crippen LogP contribution is -2.16. The van der Waals surface area contributed by atoms with E-state index in [2.05, 4.69) is 15.9 Å². The van der Waals surface area contributed by atoms with E-state index in [1.54, 1.807) is 12.1 Å². The van der Waals surface area contributed by atoms with Crippen molar-refractivity contribution in [1.29, 1.82) is 0 Å². The summed E-state index contributed by atoms with van der Waals surface area (Å²) in [4.78, 5) is 0. The number of aliphatic hydroxyl groups excluding tert-OH is 1. The highest BCUT2D eigenvalue weighted by Gasteiger charge is 2.22. The Labute approximate surface area is 136 Å². The zero-order valence-corrected chi connectivity index (χ0v) is 13.7. The van der Waals surface area contributed by atoms with Crippen molar-refractivity contribution >= 4 is 27.5 Å². The van der Waals surface area contributed by atoms with Crippen LogP contribution >= 0.6 is 27.5 Å². The molecular weight excluding hydrogens is 356 g/mol. The normalized spacial score (nSPS) is 14.9. The molecule has 0 spiro atoms. The van der Waals surface area contributed by atoms with Crippen LogP contribution in [-0.4, -0.2) is 18.3 Å². The fourth-order valence-corrected chi connectivity index (χ4v) is 3.08. The van der Waals surface area contributed by atoms with E-state index in [0.29, 0.717) is 35.3 Å². The second-order valence-corrected chi connectivity index (χ2v) is 6.10. The van der Waals surface area contributed by atoms with Crippen LogP contribution in [0.15, 0.2) is 34.8 Å². The number of aryl methyl sites for hydroxylation is 1. The molecule has 3 rings (SSSR count). The van der Waals surface area contributed by atoms with E-state index in [1.165, 1.54) is 0 Å². The average Bonchev–Trinajstić information content (AvgIpc) is 2.48. The molecule has 21 heavy (non-hydrogen) atoms. The second kappa shape index (κ2) is 5.87. The molecular formula is C16H14BrClO3. The van der Waals surface area contributed by atoms with Crippen molar-refractivity contribution in [2.24, 2.45) is 0 Å². The molecule has 0 saturated carbocycles. The molecule has 1 atom stereocenters. The monoisotopic (exact) mass is 368 g/mol. The highest BCUT2D eigenvalue weighted by atomic mass is 79.9. The van der Waals surface area contributed by atoms with Gasteiger partial charge in [0.1, 0.15) is 19.3 Å². The zero-order valence-electron chi connectivity index (χ0n) is 11.4. The van der Waals surface area contributed by atoms with E-state index >= 15 is 0 Å². The largest absolute Gasteiger partial charge is 0.486 e. The summed E-state index contributed by atoms with van der Waals surface area (Å²) >= 11 is 9.81. The van der Waals surface area contributed by atoms with E-state index in [4.69, 9.17) is 21.1 Å². The van der Waals surface area contributed by atoms with E-state index in [1.807, 2.05) is 25.1 Å². The molecule has 1 N–H and O–H groups in total. The summed E-state index contributed by atoms with van der Waals surface area (Å²) in [5.41, 5.74) is 2.43. The van der Waals surface area contributed by atoms with E-state index < -0.39 is 6.10 Å². The molecule has 1 unspecified atom stereocenters. The lowest BCUT2D eigenvalue weighted by molar-refractivity contribution is 0.169. The molecule has 1 aliphatic rings. The minimum absolute atomic E-state index is 0.458. The Balaban J connectivity index is 2.05. The lowest BCUT2D eigenvalue weighted by Gasteiger charge is -2.22. The first-order chi connectivity index (χ1) is 10.1. The topological polar surface area (TPSA) is 38.7 Å². The van der Waals surface area contributed by atoms with Gasteiger partial charge in [0.2, 0.25) is 0 Å². The van der Waals surface area contributed by atoms with Gasteiger partial charge in [-0.1, -0.05) is 45.7 Å². The molecule has 5 heteroatoms. The van der Waals surface area contributed by atoms with Crippen LogP contribution in [-0.2, 0) is 0 Å². The van der Waals surface area contributed by atoms with Crippen LogP contribution in [0.25, 0.3) is 0 Å². The summed E-state index contributed by atoms with van der Waals surface area (Å²) in [6, 6.07) is 9.19. The number of ether oxygens (including phenoxy) is 2. The summed E-state index contributed by atoms with van der Waals surface area (Å²) in [5, 5.41) is 11.1. The van der Waals surface area contributed by atoms with Gasteiger partial charge in [0.05, 0.1) is 5.02 Å². The van der Waals surface area contributed by atoms with Crippen LogP contribution in [0.2, 0.25) is 5.02 Å². The summed E-state index contributed by atoms with van der Waals surface area (Å²) < 4.78 is 11.9. The maximum atomic E-state index is 10.7. The fraction of sp³-hybridized carbons (Fsp3) is 0.250. The maximum Gasteiger partial charge on any atom is 0.162 e. The van der Waals surface area contributed by atoms with Crippen LogP contribution in [0.4, 0.5) is 0 Å². The third-order valence-corrected chi connectivity index (χ3v) is 4.88. The van der Waals surface area contributed by atoms with Crippen molar-refractivity contribution in [3.05, 3.63) is 56.5 Å². The molecule has 0 bridgehead atoms. The molecule has 3 nitrogen and oxygen atoms in total. The van der Waals surface area contributed by atoms with Crippen LogP contribution in [0, 0.1) is 6.92 Å². The summed E-state index contributed by atoms with van der Waals surface area (Å²) in [5.74, 6) is 1.23. The van der Waals surface area contributed by atoms with Crippen molar-refractivity contribution < 1.29 is 14.6 Å². The Bertz CT molecular complexity index is 687. The van der Waals surface area contributed by atoms with E-state index in [0.717, 1.165) is 15.6 Å². The van der Waals surface area contributed by atoms with Crippen molar-refractivity contribution in [3.8, 4) is 11.5 Å². The highest BCUT2D eigenvalue weighted by Crippen LogP contribution is 2.40. The van der Waals surface area contributed by atoms with Gasteiger partial charge in [-0.3, -0.25) is 0 Å². The van der Waals surface area contributed by atoms with Crippen molar-refractivity contribution in [2.45, 2.75) is 13.0 Å². The van der Waals surface area contributed by atoms with Gasteiger partial charge in [-0.25, -0.2) is 0 Å². The molecule has 0 fully saturated rings. The average molecular weight is 370 g/mol. The highest BCUT2D eigenvalue weighted by molar-refractivity contribution is 9.10. The van der Waals surface area contributed by atoms with Gasteiger partial charge in [0.25, 0.3) is 0 Å². The molecule has 0 radical (unpaired) electrons.